The summed E-state index contributed by atoms with van der Waals surface area (Å²) in [4.78, 5) is 3.69. The van der Waals surface area contributed by atoms with Gasteiger partial charge in [-0.15, -0.1) is 0 Å². The number of fused-ring (bicyclic) bond motifs is 3. The third-order valence-electron chi connectivity index (χ3n) is 9.48. The highest BCUT2D eigenvalue weighted by molar-refractivity contribution is 6.17. The number of aromatic nitrogens is 1. The van der Waals surface area contributed by atoms with Gasteiger partial charge in [-0.3, -0.25) is 0 Å². The number of benzene rings is 4. The number of nitrogens with one attached hydrogen (secondary N) is 2. The molecule has 44 heavy (non-hydrogen) atoms. The van der Waals surface area contributed by atoms with Crippen LogP contribution in [0.5, 0.6) is 0 Å². The fourth-order valence-electron chi connectivity index (χ4n) is 6.81. The molecule has 7 rings (SSSR count). The molecule has 1 aromatic heterocycles. The van der Waals surface area contributed by atoms with E-state index in [1.165, 1.54) is 63.4 Å². The highest BCUT2D eigenvalue weighted by Gasteiger charge is 2.24. The minimum Gasteiger partial charge on any atom is -0.355 e. The van der Waals surface area contributed by atoms with Crippen LogP contribution < -0.4 is 5.32 Å². The summed E-state index contributed by atoms with van der Waals surface area (Å²) in [5.74, 6) is 0.704. The van der Waals surface area contributed by atoms with Gasteiger partial charge in [0.2, 0.25) is 0 Å². The predicted octanol–water partition coefficient (Wildman–Crippen LogP) is 12.3. The van der Waals surface area contributed by atoms with Gasteiger partial charge in [-0.1, -0.05) is 104 Å². The number of hydrogen-bond acceptors (Lipinski definition) is 1. The van der Waals surface area contributed by atoms with Crippen molar-refractivity contribution < 1.29 is 0 Å². The number of aromatic amines is 1. The smallest absolute Gasteiger partial charge is 0.0565 e. The number of anilines is 2. The topological polar surface area (TPSA) is 27.8 Å². The minimum absolute atomic E-state index is 0.704. The van der Waals surface area contributed by atoms with E-state index in [0.717, 1.165) is 46.4 Å². The summed E-state index contributed by atoms with van der Waals surface area (Å²) in [5, 5.41) is 6.14. The third-order valence-corrected chi connectivity index (χ3v) is 9.48. The Morgan fingerprint density at radius 2 is 1.77 bits per heavy atom. The monoisotopic (exact) mass is 572 g/mol. The summed E-state index contributed by atoms with van der Waals surface area (Å²) in [6.45, 7) is 8.43. The summed E-state index contributed by atoms with van der Waals surface area (Å²) in [6.07, 6.45) is 19.1. The Kier molecular flexibility index (Phi) is 7.66. The van der Waals surface area contributed by atoms with E-state index >= 15 is 0 Å². The zero-order valence-corrected chi connectivity index (χ0v) is 25.8. The molecule has 0 unspecified atom stereocenters. The lowest BCUT2D eigenvalue weighted by molar-refractivity contribution is 0.419. The second kappa shape index (κ2) is 12.1. The predicted molar refractivity (Wildman–Crippen MR) is 192 cm³/mol. The summed E-state index contributed by atoms with van der Waals surface area (Å²) < 4.78 is 0. The average Bonchev–Trinajstić information content (AvgIpc) is 3.43. The second-order valence-electron chi connectivity index (χ2n) is 12.2. The van der Waals surface area contributed by atoms with E-state index in [1.54, 1.807) is 0 Å². The molecule has 0 bridgehead atoms. The molecule has 0 aliphatic heterocycles. The van der Waals surface area contributed by atoms with Gasteiger partial charge in [0.15, 0.2) is 0 Å². The molecular formula is C42H40N2. The first-order valence-electron chi connectivity index (χ1n) is 16.0. The van der Waals surface area contributed by atoms with Crippen molar-refractivity contribution in [1.29, 1.82) is 0 Å². The second-order valence-corrected chi connectivity index (χ2v) is 12.2. The summed E-state index contributed by atoms with van der Waals surface area (Å²) >= 11 is 0. The molecule has 1 fully saturated rings. The first-order chi connectivity index (χ1) is 21.6. The lowest BCUT2D eigenvalue weighted by atomic mass is 9.75. The largest absolute Gasteiger partial charge is 0.355 e. The van der Waals surface area contributed by atoms with E-state index in [0.29, 0.717) is 5.92 Å². The molecule has 2 aliphatic rings. The summed E-state index contributed by atoms with van der Waals surface area (Å²) in [6, 6.07) is 29.0. The van der Waals surface area contributed by atoms with E-state index in [2.05, 4.69) is 127 Å². The standard InChI is InChI=1S/C42H40N2/c1-4-6-13-29(5-2)36-25-26-40(41-37-17-9-10-18-39(37)44-42(36)41)43-33-22-19-30(20-23-33)32-21-24-35(31-14-11-15-31)38(27-32)34-16-8-7-12-28(34)3/h4-6,8-10,13,16-27,31,43-44H,2,7,11-12,14-15H2,1,3H3/b6-4-,29-13+. The Balaban J connectivity index is 1.24. The van der Waals surface area contributed by atoms with Crippen LogP contribution in [0.4, 0.5) is 11.4 Å². The first-order valence-corrected chi connectivity index (χ1v) is 16.0. The van der Waals surface area contributed by atoms with Gasteiger partial charge in [-0.05, 0) is 109 Å². The van der Waals surface area contributed by atoms with Crippen LogP contribution in [0.3, 0.4) is 0 Å². The van der Waals surface area contributed by atoms with Crippen molar-refractivity contribution in [2.24, 2.45) is 0 Å². The maximum absolute atomic E-state index is 4.09. The van der Waals surface area contributed by atoms with Crippen LogP contribution in [0.1, 0.15) is 68.6 Å². The Morgan fingerprint density at radius 3 is 2.52 bits per heavy atom. The molecule has 2 aliphatic carbocycles. The zero-order valence-electron chi connectivity index (χ0n) is 25.8. The van der Waals surface area contributed by atoms with E-state index in [4.69, 9.17) is 0 Å². The molecule has 1 heterocycles. The molecule has 0 atom stereocenters. The van der Waals surface area contributed by atoms with Crippen molar-refractivity contribution in [3.8, 4) is 11.1 Å². The molecule has 0 spiro atoms. The van der Waals surface area contributed by atoms with Gasteiger partial charge >= 0.3 is 0 Å². The number of allylic oxidation sites excluding steroid dienone is 9. The van der Waals surface area contributed by atoms with Gasteiger partial charge in [0, 0.05) is 33.2 Å². The molecule has 2 nitrogen and oxygen atoms in total. The van der Waals surface area contributed by atoms with Gasteiger partial charge in [0.05, 0.1) is 5.52 Å². The van der Waals surface area contributed by atoms with Crippen LogP contribution in [0.2, 0.25) is 0 Å². The van der Waals surface area contributed by atoms with Gasteiger partial charge in [0.25, 0.3) is 0 Å². The van der Waals surface area contributed by atoms with Gasteiger partial charge in [-0.25, -0.2) is 0 Å². The lowest BCUT2D eigenvalue weighted by Crippen LogP contribution is -2.11. The van der Waals surface area contributed by atoms with Crippen molar-refractivity contribution in [2.75, 3.05) is 5.32 Å². The van der Waals surface area contributed by atoms with E-state index in [9.17, 15) is 0 Å². The number of para-hydroxylation sites is 1. The molecule has 0 radical (unpaired) electrons. The van der Waals surface area contributed by atoms with E-state index in [-0.39, 0.29) is 0 Å². The molecule has 4 aromatic carbocycles. The lowest BCUT2D eigenvalue weighted by Gasteiger charge is -2.29. The van der Waals surface area contributed by atoms with Crippen LogP contribution in [0, 0.1) is 0 Å². The normalized spacial score (nSPS) is 15.8. The summed E-state index contributed by atoms with van der Waals surface area (Å²) in [5.41, 5.74) is 15.1. The van der Waals surface area contributed by atoms with Gasteiger partial charge < -0.3 is 10.3 Å². The molecule has 1 saturated carbocycles. The molecular weight excluding hydrogens is 532 g/mol. The molecule has 0 saturated heterocycles. The Bertz CT molecular complexity index is 1990. The minimum atomic E-state index is 0.704. The van der Waals surface area contributed by atoms with E-state index in [1.807, 2.05) is 19.1 Å². The molecule has 0 amide bonds. The fourth-order valence-corrected chi connectivity index (χ4v) is 6.81. The quantitative estimate of drug-likeness (QED) is 0.178. The van der Waals surface area contributed by atoms with E-state index < -0.39 is 0 Å². The Morgan fingerprint density at radius 1 is 0.955 bits per heavy atom. The highest BCUT2D eigenvalue weighted by Crippen LogP contribution is 2.43. The molecule has 2 N–H and O–H groups in total. The Hall–Kier alpha value is -4.82. The maximum Gasteiger partial charge on any atom is 0.0565 e. The third kappa shape index (κ3) is 5.15. The fraction of sp³-hybridized carbons (Fsp3) is 0.190. The Labute approximate surface area is 261 Å². The average molecular weight is 573 g/mol. The number of H-pyrrole nitrogens is 1. The van der Waals surface area contributed by atoms with Crippen molar-refractivity contribution >= 4 is 44.3 Å². The van der Waals surface area contributed by atoms with Crippen LogP contribution in [-0.2, 0) is 0 Å². The molecule has 2 heteroatoms. The molecule has 5 aromatic rings. The van der Waals surface area contributed by atoms with Crippen molar-refractivity contribution in [2.45, 2.75) is 51.9 Å². The van der Waals surface area contributed by atoms with Gasteiger partial charge in [0.1, 0.15) is 0 Å². The first kappa shape index (κ1) is 28.0. The van der Waals surface area contributed by atoms with Crippen molar-refractivity contribution in [3.63, 3.8) is 0 Å². The number of hydrogen-bond donors (Lipinski definition) is 2. The highest BCUT2D eigenvalue weighted by atomic mass is 14.9. The van der Waals surface area contributed by atoms with Crippen LogP contribution in [0.25, 0.3) is 44.1 Å². The maximum atomic E-state index is 4.09. The van der Waals surface area contributed by atoms with Crippen molar-refractivity contribution in [1.82, 2.24) is 4.98 Å². The van der Waals surface area contributed by atoms with Crippen molar-refractivity contribution in [3.05, 3.63) is 144 Å². The van der Waals surface area contributed by atoms with Crippen LogP contribution in [-0.4, -0.2) is 4.98 Å². The number of rotatable bonds is 8. The van der Waals surface area contributed by atoms with Crippen LogP contribution >= 0.6 is 0 Å². The zero-order chi connectivity index (χ0) is 30.0. The molecule has 218 valence electrons. The summed E-state index contributed by atoms with van der Waals surface area (Å²) in [7, 11) is 0. The van der Waals surface area contributed by atoms with Gasteiger partial charge in [-0.2, -0.15) is 0 Å². The SMILES string of the molecule is C=C/C(=C\C=C/C)c1ccc(Nc2ccc(-c3ccc(C4CCC4)c(C4=C(C)CCC=C4)c3)cc2)c2c1[nH]c1ccccc12. The van der Waals surface area contributed by atoms with Crippen LogP contribution in [0.15, 0.2) is 127 Å².